The maximum atomic E-state index is 13.4. The molecule has 15 heteroatoms. The molecule has 2 fully saturated rings. The fourth-order valence-electron chi connectivity index (χ4n) is 4.40. The topological polar surface area (TPSA) is 122 Å². The number of furan rings is 1. The zero-order chi connectivity index (χ0) is 24.7. The van der Waals surface area contributed by atoms with Gasteiger partial charge in [-0.1, -0.05) is 0 Å². The lowest BCUT2D eigenvalue weighted by molar-refractivity contribution is -0.148. The Hall–Kier alpha value is -3.49. The number of nitrogens with zero attached hydrogens (tertiary/aromatic N) is 8. The molecule has 3 aromatic heterocycles. The van der Waals surface area contributed by atoms with Crippen LogP contribution in [0.2, 0.25) is 0 Å². The molecule has 0 saturated carbocycles. The van der Waals surface area contributed by atoms with Crippen LogP contribution in [0.1, 0.15) is 12.8 Å². The van der Waals surface area contributed by atoms with E-state index >= 15 is 0 Å². The van der Waals surface area contributed by atoms with E-state index in [4.69, 9.17) is 10.2 Å². The van der Waals surface area contributed by atoms with Crippen LogP contribution in [0.4, 0.5) is 29.5 Å². The molecule has 1 amide bonds. The van der Waals surface area contributed by atoms with Crippen molar-refractivity contribution in [3.05, 3.63) is 18.4 Å². The third-order valence-corrected chi connectivity index (χ3v) is 6.20. The molecule has 0 spiro atoms. The van der Waals surface area contributed by atoms with Gasteiger partial charge in [-0.3, -0.25) is 9.69 Å². The van der Waals surface area contributed by atoms with Gasteiger partial charge >= 0.3 is 12.3 Å². The van der Waals surface area contributed by atoms with Crippen molar-refractivity contribution in [3.63, 3.8) is 0 Å². The summed E-state index contributed by atoms with van der Waals surface area (Å²) in [5.41, 5.74) is 6.08. The van der Waals surface area contributed by atoms with E-state index in [-0.39, 0.29) is 55.6 Å². The third-order valence-electron chi connectivity index (χ3n) is 6.20. The molecule has 3 aromatic rings. The zero-order valence-electron chi connectivity index (χ0n) is 18.5. The van der Waals surface area contributed by atoms with Crippen molar-refractivity contribution in [2.45, 2.75) is 31.2 Å². The summed E-state index contributed by atoms with van der Waals surface area (Å²) in [4.78, 5) is 30.9. The highest BCUT2D eigenvalue weighted by Gasteiger charge is 2.43. The number of fused-ring (bicyclic) bond motifs is 1. The number of nitrogens with two attached hydrogens (primary N) is 1. The van der Waals surface area contributed by atoms with Gasteiger partial charge in [-0.15, -0.1) is 5.10 Å². The van der Waals surface area contributed by atoms with Gasteiger partial charge in [0.05, 0.1) is 12.8 Å². The number of carbonyl (C=O) groups is 1. The monoisotopic (exact) mass is 497 g/mol. The van der Waals surface area contributed by atoms with Gasteiger partial charge in [-0.2, -0.15) is 28.2 Å². The standard InChI is InChI=1S/C20H23F4N9O2/c21-16(22)20(23,24)11-30-6-8-31(9-7-30)15(34)12-3-1-5-32(12)18-27-17(25)33-19(28-18)26-14(29-33)13-4-2-10-35-13/h2,4,10,12,16H,1,3,5-9,11H2,(H2,25,26,27,28,29)/t12-/m0/s1. The van der Waals surface area contributed by atoms with E-state index in [2.05, 4.69) is 20.1 Å². The maximum Gasteiger partial charge on any atom is 0.319 e. The van der Waals surface area contributed by atoms with Crippen LogP contribution in [0, 0.1) is 0 Å². The SMILES string of the molecule is Nc1nc(N2CCC[C@H]2C(=O)N2CCN(CC(F)(F)C(F)F)CC2)nc2nc(-c3ccco3)nn12. The first-order valence-electron chi connectivity index (χ1n) is 11.1. The lowest BCUT2D eigenvalue weighted by Gasteiger charge is -2.38. The van der Waals surface area contributed by atoms with Crippen LogP contribution in [0.25, 0.3) is 17.4 Å². The summed E-state index contributed by atoms with van der Waals surface area (Å²) in [5, 5.41) is 4.26. The molecule has 0 unspecified atom stereocenters. The Morgan fingerprint density at radius 3 is 2.63 bits per heavy atom. The Morgan fingerprint density at radius 2 is 1.94 bits per heavy atom. The van der Waals surface area contributed by atoms with Crippen LogP contribution in [-0.4, -0.2) is 97.9 Å². The average Bonchev–Trinajstić information content (AvgIpc) is 3.59. The summed E-state index contributed by atoms with van der Waals surface area (Å²) in [7, 11) is 0. The second kappa shape index (κ2) is 8.94. The van der Waals surface area contributed by atoms with E-state index < -0.39 is 24.9 Å². The molecule has 0 bridgehead atoms. The van der Waals surface area contributed by atoms with Gasteiger partial charge in [0.25, 0.3) is 5.78 Å². The molecule has 0 radical (unpaired) electrons. The molecule has 1 atom stereocenters. The number of anilines is 2. The van der Waals surface area contributed by atoms with Crippen molar-refractivity contribution < 1.29 is 26.8 Å². The van der Waals surface area contributed by atoms with E-state index in [0.29, 0.717) is 18.7 Å². The Morgan fingerprint density at radius 1 is 1.17 bits per heavy atom. The summed E-state index contributed by atoms with van der Waals surface area (Å²) in [6.07, 6.45) is -0.956. The smallest absolute Gasteiger partial charge is 0.319 e. The number of alkyl halides is 4. The summed E-state index contributed by atoms with van der Waals surface area (Å²) < 4.78 is 58.3. The first-order valence-corrected chi connectivity index (χ1v) is 11.1. The molecule has 5 heterocycles. The molecule has 188 valence electrons. The lowest BCUT2D eigenvalue weighted by Crippen LogP contribution is -2.56. The first-order chi connectivity index (χ1) is 16.7. The second-order valence-electron chi connectivity index (χ2n) is 8.52. The average molecular weight is 497 g/mol. The molecule has 35 heavy (non-hydrogen) atoms. The van der Waals surface area contributed by atoms with Crippen molar-refractivity contribution in [3.8, 4) is 11.6 Å². The molecule has 2 aliphatic rings. The Kier molecular flexibility index (Phi) is 5.94. The number of amides is 1. The number of hydrogen-bond acceptors (Lipinski definition) is 9. The molecule has 5 rings (SSSR count). The molecule has 11 nitrogen and oxygen atoms in total. The Balaban J connectivity index is 1.29. The van der Waals surface area contributed by atoms with E-state index in [0.717, 1.165) is 6.42 Å². The van der Waals surface area contributed by atoms with Gasteiger partial charge in [0, 0.05) is 32.7 Å². The molecule has 2 saturated heterocycles. The first kappa shape index (κ1) is 23.3. The summed E-state index contributed by atoms with van der Waals surface area (Å²) in [6, 6.07) is 2.84. The van der Waals surface area contributed by atoms with Crippen LogP contribution in [0.15, 0.2) is 22.8 Å². The molecule has 2 N–H and O–H groups in total. The highest BCUT2D eigenvalue weighted by atomic mass is 19.3. The van der Waals surface area contributed by atoms with Crippen molar-refractivity contribution in [2.24, 2.45) is 0 Å². The number of carbonyl (C=O) groups excluding carboxylic acids is 1. The van der Waals surface area contributed by atoms with Gasteiger partial charge in [0.15, 0.2) is 5.76 Å². The number of aromatic nitrogens is 5. The van der Waals surface area contributed by atoms with Gasteiger partial charge in [0.2, 0.25) is 23.6 Å². The summed E-state index contributed by atoms with van der Waals surface area (Å²) in [6.45, 7) is -0.00112. The minimum absolute atomic E-state index is 0.0435. The van der Waals surface area contributed by atoms with Crippen LogP contribution in [0.5, 0.6) is 0 Å². The highest BCUT2D eigenvalue weighted by molar-refractivity contribution is 5.85. The van der Waals surface area contributed by atoms with Gasteiger partial charge in [0.1, 0.15) is 6.04 Å². The molecule has 0 aromatic carbocycles. The maximum absolute atomic E-state index is 13.4. The predicted molar refractivity (Wildman–Crippen MR) is 115 cm³/mol. The zero-order valence-corrected chi connectivity index (χ0v) is 18.5. The minimum atomic E-state index is -4.08. The molecule has 2 aliphatic heterocycles. The van der Waals surface area contributed by atoms with Crippen LogP contribution in [-0.2, 0) is 4.79 Å². The second-order valence-corrected chi connectivity index (χ2v) is 8.52. The van der Waals surface area contributed by atoms with Crippen molar-refractivity contribution >= 4 is 23.6 Å². The van der Waals surface area contributed by atoms with Crippen molar-refractivity contribution in [1.82, 2.24) is 34.4 Å². The largest absolute Gasteiger partial charge is 0.461 e. The highest BCUT2D eigenvalue weighted by Crippen LogP contribution is 2.27. The molecular weight excluding hydrogens is 474 g/mol. The number of nitrogen functional groups attached to an aromatic ring is 1. The summed E-state index contributed by atoms with van der Waals surface area (Å²) in [5.74, 6) is -3.06. The van der Waals surface area contributed by atoms with Crippen molar-refractivity contribution in [1.29, 1.82) is 0 Å². The Labute approximate surface area is 196 Å². The van der Waals surface area contributed by atoms with Crippen LogP contribution in [0.3, 0.4) is 0 Å². The predicted octanol–water partition coefficient (Wildman–Crippen LogP) is 1.37. The van der Waals surface area contributed by atoms with Gasteiger partial charge < -0.3 is 20.0 Å². The normalized spacial score (nSPS) is 19.9. The van der Waals surface area contributed by atoms with Crippen molar-refractivity contribution in [2.75, 3.05) is 49.9 Å². The Bertz CT molecular complexity index is 1190. The number of halogens is 4. The number of piperazine rings is 1. The van der Waals surface area contributed by atoms with E-state index in [9.17, 15) is 22.4 Å². The number of hydrogen-bond donors (Lipinski definition) is 1. The summed E-state index contributed by atoms with van der Waals surface area (Å²) >= 11 is 0. The lowest BCUT2D eigenvalue weighted by atomic mass is 10.1. The van der Waals surface area contributed by atoms with Gasteiger partial charge in [-0.25, -0.2) is 8.78 Å². The fraction of sp³-hybridized carbons (Fsp3) is 0.550. The van der Waals surface area contributed by atoms with E-state index in [1.54, 1.807) is 21.9 Å². The van der Waals surface area contributed by atoms with Gasteiger partial charge in [-0.05, 0) is 25.0 Å². The quantitative estimate of drug-likeness (QED) is 0.503. The van der Waals surface area contributed by atoms with Crippen LogP contribution >= 0.6 is 0 Å². The molecule has 0 aliphatic carbocycles. The third kappa shape index (κ3) is 4.47. The number of rotatable bonds is 6. The fourth-order valence-corrected chi connectivity index (χ4v) is 4.40. The molecular formula is C20H23F4N9O2. The van der Waals surface area contributed by atoms with Crippen LogP contribution < -0.4 is 10.6 Å². The van der Waals surface area contributed by atoms with E-state index in [1.807, 2.05) is 0 Å². The van der Waals surface area contributed by atoms with E-state index in [1.165, 1.54) is 15.7 Å². The minimum Gasteiger partial charge on any atom is -0.461 e.